The predicted molar refractivity (Wildman–Crippen MR) is 125 cm³/mol. The summed E-state index contributed by atoms with van der Waals surface area (Å²) in [7, 11) is 0. The first kappa shape index (κ1) is 23.5. The molecule has 0 radical (unpaired) electrons. The number of nitrogens with zero attached hydrogens (tertiary/aromatic N) is 4. The van der Waals surface area contributed by atoms with E-state index in [0.717, 1.165) is 29.2 Å². The maximum atomic E-state index is 13.9. The number of aryl methyl sites for hydroxylation is 1. The Bertz CT molecular complexity index is 1420. The average Bonchev–Trinajstić information content (AvgIpc) is 2.82. The van der Waals surface area contributed by atoms with Crippen molar-refractivity contribution in [2.45, 2.75) is 33.3 Å². The van der Waals surface area contributed by atoms with Gasteiger partial charge in [0.05, 0.1) is 11.4 Å². The molecule has 0 unspecified atom stereocenters. The van der Waals surface area contributed by atoms with Crippen molar-refractivity contribution in [1.29, 1.82) is 0 Å². The maximum absolute atomic E-state index is 13.9. The molecule has 0 bridgehead atoms. The Kier molecular flexibility index (Phi) is 6.70. The van der Waals surface area contributed by atoms with Crippen LogP contribution in [0.5, 0.6) is 5.88 Å². The molecule has 9 heteroatoms. The third-order valence-electron chi connectivity index (χ3n) is 5.14. The van der Waals surface area contributed by atoms with Gasteiger partial charge in [0.15, 0.2) is 5.02 Å². The monoisotopic (exact) mass is 482 g/mol. The fourth-order valence-electron chi connectivity index (χ4n) is 3.38. The normalized spacial score (nSPS) is 11.1. The van der Waals surface area contributed by atoms with Crippen LogP contribution < -0.4 is 10.3 Å². The molecule has 6 nitrogen and oxygen atoms in total. The number of benzene rings is 2. The molecule has 0 aliphatic heterocycles. The van der Waals surface area contributed by atoms with E-state index in [1.54, 1.807) is 25.3 Å². The summed E-state index contributed by atoms with van der Waals surface area (Å²) < 4.78 is 33.9. The summed E-state index contributed by atoms with van der Waals surface area (Å²) in [4.78, 5) is 26.3. The third-order valence-corrected chi connectivity index (χ3v) is 5.46. The smallest absolute Gasteiger partial charge is 0.280 e. The zero-order valence-corrected chi connectivity index (χ0v) is 19.5. The summed E-state index contributed by atoms with van der Waals surface area (Å²) in [5.74, 6) is -0.361. The molecule has 4 aromatic rings. The van der Waals surface area contributed by atoms with E-state index in [2.05, 4.69) is 15.0 Å². The average molecular weight is 483 g/mol. The van der Waals surface area contributed by atoms with Gasteiger partial charge < -0.3 is 4.74 Å². The van der Waals surface area contributed by atoms with E-state index >= 15 is 0 Å². The van der Waals surface area contributed by atoms with Crippen LogP contribution in [0, 0.1) is 18.6 Å². The molecule has 34 heavy (non-hydrogen) atoms. The highest BCUT2D eigenvalue weighted by molar-refractivity contribution is 6.31. The summed E-state index contributed by atoms with van der Waals surface area (Å²) in [5, 5.41) is -0.248. The highest BCUT2D eigenvalue weighted by Crippen LogP contribution is 2.25. The molecule has 4 rings (SSSR count). The SMILES string of the molecule is Cc1nc(OCc2ccc(F)cc2F)c(Cl)c(=O)n1-c1cccc(-c2ccnc(C(C)C)n2)c1. The van der Waals surface area contributed by atoms with Gasteiger partial charge in [-0.05, 0) is 37.3 Å². The minimum absolute atomic E-state index is 0.111. The van der Waals surface area contributed by atoms with Crippen molar-refractivity contribution in [2.24, 2.45) is 0 Å². The molecule has 0 atom stereocenters. The Morgan fingerprint density at radius 1 is 1.09 bits per heavy atom. The van der Waals surface area contributed by atoms with Crippen molar-refractivity contribution < 1.29 is 13.5 Å². The van der Waals surface area contributed by atoms with E-state index in [9.17, 15) is 13.6 Å². The van der Waals surface area contributed by atoms with Gasteiger partial charge in [-0.15, -0.1) is 0 Å². The molecule has 0 spiro atoms. The summed E-state index contributed by atoms with van der Waals surface area (Å²) in [5.41, 5.74) is 1.66. The van der Waals surface area contributed by atoms with Gasteiger partial charge in [-0.25, -0.2) is 18.7 Å². The Morgan fingerprint density at radius 2 is 1.88 bits per heavy atom. The standard InChI is InChI=1S/C25H21ClF2N4O2/c1-14(2)23-29-10-9-21(31-23)16-5-4-6-19(11-16)32-15(3)30-24(22(26)25(32)33)34-13-17-7-8-18(27)12-20(17)28/h4-12,14H,13H2,1-3H3. The number of hydrogen-bond donors (Lipinski definition) is 0. The number of halogens is 3. The minimum atomic E-state index is -0.761. The van der Waals surface area contributed by atoms with Gasteiger partial charge in [-0.2, -0.15) is 4.98 Å². The zero-order chi connectivity index (χ0) is 24.4. The van der Waals surface area contributed by atoms with Crippen molar-refractivity contribution in [3.05, 3.63) is 99.0 Å². The van der Waals surface area contributed by atoms with E-state index in [1.165, 1.54) is 10.6 Å². The lowest BCUT2D eigenvalue weighted by atomic mass is 10.1. The van der Waals surface area contributed by atoms with Crippen molar-refractivity contribution >= 4 is 11.6 Å². The van der Waals surface area contributed by atoms with E-state index < -0.39 is 17.2 Å². The fraction of sp³-hybridized carbons (Fsp3) is 0.200. The van der Waals surface area contributed by atoms with Gasteiger partial charge >= 0.3 is 0 Å². The van der Waals surface area contributed by atoms with Crippen LogP contribution in [-0.4, -0.2) is 19.5 Å². The lowest BCUT2D eigenvalue weighted by molar-refractivity contribution is 0.285. The number of ether oxygens (including phenoxy) is 1. The van der Waals surface area contributed by atoms with Crippen molar-refractivity contribution in [3.8, 4) is 22.8 Å². The van der Waals surface area contributed by atoms with E-state index in [1.807, 2.05) is 32.0 Å². The Morgan fingerprint density at radius 3 is 2.62 bits per heavy atom. The number of hydrogen-bond acceptors (Lipinski definition) is 5. The predicted octanol–water partition coefficient (Wildman–Crippen LogP) is 5.63. The molecule has 0 aliphatic carbocycles. The second-order valence-electron chi connectivity index (χ2n) is 7.95. The van der Waals surface area contributed by atoms with E-state index in [4.69, 9.17) is 16.3 Å². The number of rotatable bonds is 6. The van der Waals surface area contributed by atoms with Gasteiger partial charge in [-0.1, -0.05) is 37.6 Å². The summed E-state index contributed by atoms with van der Waals surface area (Å²) in [6.45, 7) is 5.40. The van der Waals surface area contributed by atoms with Crippen molar-refractivity contribution in [1.82, 2.24) is 19.5 Å². The molecular weight excluding hydrogens is 462 g/mol. The van der Waals surface area contributed by atoms with E-state index in [-0.39, 0.29) is 29.0 Å². The molecule has 0 fully saturated rings. The highest BCUT2D eigenvalue weighted by Gasteiger charge is 2.17. The molecule has 0 aliphatic rings. The minimum Gasteiger partial charge on any atom is -0.471 e. The van der Waals surface area contributed by atoms with Crippen LogP contribution in [0.2, 0.25) is 5.02 Å². The molecule has 2 aromatic carbocycles. The molecule has 2 heterocycles. The van der Waals surface area contributed by atoms with Crippen LogP contribution in [0.1, 0.15) is 37.0 Å². The summed E-state index contributed by atoms with van der Waals surface area (Å²) >= 11 is 6.27. The Balaban J connectivity index is 1.67. The van der Waals surface area contributed by atoms with Gasteiger partial charge in [0, 0.05) is 29.3 Å². The molecular formula is C25H21ClF2N4O2. The molecule has 0 saturated heterocycles. The largest absolute Gasteiger partial charge is 0.471 e. The van der Waals surface area contributed by atoms with Crippen LogP contribution in [0.25, 0.3) is 16.9 Å². The lowest BCUT2D eigenvalue weighted by Gasteiger charge is -2.14. The summed E-state index contributed by atoms with van der Waals surface area (Å²) in [6.07, 6.45) is 1.70. The van der Waals surface area contributed by atoms with Crippen LogP contribution in [0.15, 0.2) is 59.5 Å². The molecule has 174 valence electrons. The second kappa shape index (κ2) is 9.69. The quantitative estimate of drug-likeness (QED) is 0.356. The van der Waals surface area contributed by atoms with Gasteiger partial charge in [0.1, 0.15) is 29.9 Å². The van der Waals surface area contributed by atoms with Crippen molar-refractivity contribution in [2.75, 3.05) is 0 Å². The molecule has 2 aromatic heterocycles. The zero-order valence-electron chi connectivity index (χ0n) is 18.7. The molecule has 0 N–H and O–H groups in total. The highest BCUT2D eigenvalue weighted by atomic mass is 35.5. The van der Waals surface area contributed by atoms with E-state index in [0.29, 0.717) is 11.5 Å². The van der Waals surface area contributed by atoms with Crippen LogP contribution >= 0.6 is 11.6 Å². The Labute approximate surface area is 199 Å². The summed E-state index contributed by atoms with van der Waals surface area (Å²) in [6, 6.07) is 12.2. The lowest BCUT2D eigenvalue weighted by Crippen LogP contribution is -2.23. The fourth-order valence-corrected chi connectivity index (χ4v) is 3.57. The van der Waals surface area contributed by atoms with Gasteiger partial charge in [0.2, 0.25) is 5.88 Å². The first-order chi connectivity index (χ1) is 16.2. The van der Waals surface area contributed by atoms with Crippen LogP contribution in [0.4, 0.5) is 8.78 Å². The van der Waals surface area contributed by atoms with Gasteiger partial charge in [0.25, 0.3) is 5.56 Å². The topological polar surface area (TPSA) is 69.9 Å². The second-order valence-corrected chi connectivity index (χ2v) is 8.33. The van der Waals surface area contributed by atoms with Crippen LogP contribution in [-0.2, 0) is 6.61 Å². The number of aromatic nitrogens is 4. The first-order valence-corrected chi connectivity index (χ1v) is 10.9. The maximum Gasteiger partial charge on any atom is 0.280 e. The van der Waals surface area contributed by atoms with Crippen LogP contribution in [0.3, 0.4) is 0 Å². The van der Waals surface area contributed by atoms with Crippen molar-refractivity contribution in [3.63, 3.8) is 0 Å². The molecule has 0 saturated carbocycles. The van der Waals surface area contributed by atoms with Gasteiger partial charge in [-0.3, -0.25) is 9.36 Å². The molecule has 0 amide bonds. The Hall–Kier alpha value is -3.65. The third kappa shape index (κ3) is 4.82. The first-order valence-electron chi connectivity index (χ1n) is 10.5.